The minimum Gasteiger partial charge on any atom is -0.497 e. The minimum atomic E-state index is -4.52. The summed E-state index contributed by atoms with van der Waals surface area (Å²) in [6.45, 7) is 0.700. The topological polar surface area (TPSA) is 61.9 Å². The zero-order valence-corrected chi connectivity index (χ0v) is 17.1. The van der Waals surface area contributed by atoms with Gasteiger partial charge in [-0.3, -0.25) is 14.9 Å². The van der Waals surface area contributed by atoms with Gasteiger partial charge in [-0.05, 0) is 23.8 Å². The van der Waals surface area contributed by atoms with Gasteiger partial charge < -0.3 is 14.5 Å². The van der Waals surface area contributed by atoms with Gasteiger partial charge in [0.1, 0.15) is 11.8 Å². The normalized spacial score (nSPS) is 15.5. The van der Waals surface area contributed by atoms with Crippen molar-refractivity contribution in [3.05, 3.63) is 65.7 Å². The van der Waals surface area contributed by atoms with Crippen LogP contribution in [0.25, 0.3) is 0 Å². The molecule has 3 rings (SSSR count). The lowest BCUT2D eigenvalue weighted by Gasteiger charge is -2.35. The van der Waals surface area contributed by atoms with Gasteiger partial charge in [0.05, 0.1) is 13.7 Å². The van der Waals surface area contributed by atoms with Crippen molar-refractivity contribution >= 4 is 11.8 Å². The Bertz CT molecular complexity index is 898. The summed E-state index contributed by atoms with van der Waals surface area (Å²) in [5.74, 6) is -0.0348. The van der Waals surface area contributed by atoms with Crippen LogP contribution < -0.4 is 10.1 Å². The van der Waals surface area contributed by atoms with E-state index >= 15 is 0 Å². The summed E-state index contributed by atoms with van der Waals surface area (Å²) in [5.41, 5.74) is 0.535. The van der Waals surface area contributed by atoms with E-state index < -0.39 is 24.7 Å². The monoisotopic (exact) mass is 435 g/mol. The molecule has 2 aromatic carbocycles. The summed E-state index contributed by atoms with van der Waals surface area (Å²) in [6.07, 6.45) is -4.52. The number of alkyl halides is 3. The van der Waals surface area contributed by atoms with Crippen molar-refractivity contribution in [2.24, 2.45) is 0 Å². The van der Waals surface area contributed by atoms with Crippen molar-refractivity contribution in [3.8, 4) is 5.75 Å². The summed E-state index contributed by atoms with van der Waals surface area (Å²) < 4.78 is 45.4. The van der Waals surface area contributed by atoms with Gasteiger partial charge in [-0.2, -0.15) is 13.2 Å². The molecule has 0 radical (unpaired) electrons. The second kappa shape index (κ2) is 9.82. The number of ether oxygens (including phenoxy) is 1. The molecule has 0 aliphatic carbocycles. The van der Waals surface area contributed by atoms with Crippen LogP contribution in [-0.2, 0) is 4.79 Å². The summed E-state index contributed by atoms with van der Waals surface area (Å²) in [5, 5.41) is 2.33. The van der Waals surface area contributed by atoms with E-state index in [0.717, 1.165) is 0 Å². The third-order valence-electron chi connectivity index (χ3n) is 5.15. The maximum Gasteiger partial charge on any atom is 0.407 e. The maximum absolute atomic E-state index is 13.4. The highest BCUT2D eigenvalue weighted by molar-refractivity contribution is 5.94. The first-order valence-corrected chi connectivity index (χ1v) is 9.85. The number of benzene rings is 2. The molecular formula is C22H24F3N3O3. The molecule has 1 aliphatic heterocycles. The quantitative estimate of drug-likeness (QED) is 0.758. The molecule has 2 amide bonds. The van der Waals surface area contributed by atoms with Gasteiger partial charge >= 0.3 is 6.18 Å². The molecule has 0 spiro atoms. The van der Waals surface area contributed by atoms with Gasteiger partial charge in [0.2, 0.25) is 5.91 Å². The minimum absolute atomic E-state index is 0.0523. The highest BCUT2D eigenvalue weighted by Crippen LogP contribution is 2.32. The molecule has 1 atom stereocenters. The molecule has 0 saturated carbocycles. The van der Waals surface area contributed by atoms with Crippen molar-refractivity contribution in [1.29, 1.82) is 0 Å². The Balaban J connectivity index is 1.54. The zero-order chi connectivity index (χ0) is 22.4. The van der Waals surface area contributed by atoms with Crippen LogP contribution in [0.15, 0.2) is 54.6 Å². The lowest BCUT2D eigenvalue weighted by molar-refractivity contribution is -0.159. The van der Waals surface area contributed by atoms with Gasteiger partial charge in [0, 0.05) is 31.7 Å². The standard InChI is InChI=1S/C22H24F3N3O3/c1-31-18-9-5-8-17(14-18)21(30)28-12-10-27(11-13-28)19(29)15-26-20(22(23,24)25)16-6-3-2-4-7-16/h2-9,14,20,26H,10-13,15H2,1H3. The first-order valence-electron chi connectivity index (χ1n) is 9.85. The SMILES string of the molecule is COc1cccc(C(=O)N2CCN(C(=O)CNC(c3ccccc3)C(F)(F)F)CC2)c1. The Morgan fingerprint density at radius 3 is 2.26 bits per heavy atom. The Morgan fingerprint density at radius 1 is 1.00 bits per heavy atom. The Morgan fingerprint density at radius 2 is 1.65 bits per heavy atom. The van der Waals surface area contributed by atoms with Crippen molar-refractivity contribution in [3.63, 3.8) is 0 Å². The van der Waals surface area contributed by atoms with Crippen LogP contribution in [-0.4, -0.2) is 67.6 Å². The summed E-state index contributed by atoms with van der Waals surface area (Å²) in [7, 11) is 1.52. The summed E-state index contributed by atoms with van der Waals surface area (Å²) >= 11 is 0. The molecular weight excluding hydrogens is 411 g/mol. The van der Waals surface area contributed by atoms with E-state index in [2.05, 4.69) is 5.32 Å². The molecule has 1 fully saturated rings. The number of carbonyl (C=O) groups excluding carboxylic acids is 2. The number of methoxy groups -OCH3 is 1. The summed E-state index contributed by atoms with van der Waals surface area (Å²) in [6, 6.07) is 12.3. The smallest absolute Gasteiger partial charge is 0.407 e. The Hall–Kier alpha value is -3.07. The Kier molecular flexibility index (Phi) is 7.17. The van der Waals surface area contributed by atoms with Crippen LogP contribution in [0.1, 0.15) is 22.0 Å². The van der Waals surface area contributed by atoms with Crippen molar-refractivity contribution in [2.75, 3.05) is 39.8 Å². The van der Waals surface area contributed by atoms with E-state index in [0.29, 0.717) is 24.4 Å². The van der Waals surface area contributed by atoms with Gasteiger partial charge in [-0.15, -0.1) is 0 Å². The molecule has 0 aromatic heterocycles. The first kappa shape index (κ1) is 22.6. The predicted molar refractivity (Wildman–Crippen MR) is 109 cm³/mol. The number of carbonyl (C=O) groups is 2. The molecule has 1 N–H and O–H groups in total. The molecule has 1 unspecified atom stereocenters. The molecule has 6 nitrogen and oxygen atoms in total. The van der Waals surface area contributed by atoms with Crippen molar-refractivity contribution in [2.45, 2.75) is 12.2 Å². The fourth-order valence-corrected chi connectivity index (χ4v) is 3.47. The van der Waals surface area contributed by atoms with Gasteiger partial charge in [-0.25, -0.2) is 0 Å². The van der Waals surface area contributed by atoms with E-state index in [1.807, 2.05) is 0 Å². The number of rotatable bonds is 6. The van der Waals surface area contributed by atoms with Crippen molar-refractivity contribution in [1.82, 2.24) is 15.1 Å². The first-order chi connectivity index (χ1) is 14.8. The van der Waals surface area contributed by atoms with Crippen LogP contribution in [0.3, 0.4) is 0 Å². The average molecular weight is 435 g/mol. The average Bonchev–Trinajstić information content (AvgIpc) is 2.78. The predicted octanol–water partition coefficient (Wildman–Crippen LogP) is 2.87. The third kappa shape index (κ3) is 5.75. The van der Waals surface area contributed by atoms with Crippen LogP contribution in [0.2, 0.25) is 0 Å². The number of amides is 2. The fourth-order valence-electron chi connectivity index (χ4n) is 3.47. The largest absolute Gasteiger partial charge is 0.497 e. The fraction of sp³-hybridized carbons (Fsp3) is 0.364. The molecule has 1 aliphatic rings. The number of hydrogen-bond donors (Lipinski definition) is 1. The van der Waals surface area contributed by atoms with E-state index in [1.54, 1.807) is 35.2 Å². The highest BCUT2D eigenvalue weighted by atomic mass is 19.4. The number of hydrogen-bond acceptors (Lipinski definition) is 4. The van der Waals surface area contributed by atoms with Crippen LogP contribution in [0.4, 0.5) is 13.2 Å². The number of piperazine rings is 1. The van der Waals surface area contributed by atoms with Crippen molar-refractivity contribution < 1.29 is 27.5 Å². The molecule has 0 bridgehead atoms. The molecule has 9 heteroatoms. The third-order valence-corrected chi connectivity index (χ3v) is 5.15. The number of halogens is 3. The second-order valence-electron chi connectivity index (χ2n) is 7.17. The van der Waals surface area contributed by atoms with E-state index in [9.17, 15) is 22.8 Å². The second-order valence-corrected chi connectivity index (χ2v) is 7.17. The number of nitrogens with one attached hydrogen (secondary N) is 1. The van der Waals surface area contributed by atoms with Crippen LogP contribution >= 0.6 is 0 Å². The molecule has 1 heterocycles. The maximum atomic E-state index is 13.4. The Labute approximate surface area is 178 Å². The van der Waals surface area contributed by atoms with E-state index in [-0.39, 0.29) is 24.6 Å². The van der Waals surface area contributed by atoms with Gasteiger partial charge in [0.15, 0.2) is 0 Å². The van der Waals surface area contributed by atoms with Gasteiger partial charge in [0.25, 0.3) is 5.91 Å². The van der Waals surface area contributed by atoms with E-state index in [1.165, 1.54) is 36.3 Å². The van der Waals surface area contributed by atoms with E-state index in [4.69, 9.17) is 4.74 Å². The molecule has 2 aromatic rings. The lowest BCUT2D eigenvalue weighted by Crippen LogP contribution is -2.52. The highest BCUT2D eigenvalue weighted by Gasteiger charge is 2.41. The van der Waals surface area contributed by atoms with Crippen LogP contribution in [0, 0.1) is 0 Å². The summed E-state index contributed by atoms with van der Waals surface area (Å²) in [4.78, 5) is 28.2. The molecule has 1 saturated heterocycles. The van der Waals surface area contributed by atoms with Crippen LogP contribution in [0.5, 0.6) is 5.75 Å². The zero-order valence-electron chi connectivity index (χ0n) is 17.1. The van der Waals surface area contributed by atoms with Gasteiger partial charge in [-0.1, -0.05) is 36.4 Å². The number of nitrogens with zero attached hydrogens (tertiary/aromatic N) is 2. The molecule has 166 valence electrons. The molecule has 31 heavy (non-hydrogen) atoms. The lowest BCUT2D eigenvalue weighted by atomic mass is 10.1.